The molecule has 0 bridgehead atoms. The van der Waals surface area contributed by atoms with Crippen LogP contribution in [-0.4, -0.2) is 24.0 Å². The third-order valence-corrected chi connectivity index (χ3v) is 3.83. The summed E-state index contributed by atoms with van der Waals surface area (Å²) in [6.45, 7) is 3.57. The first-order valence-electron chi connectivity index (χ1n) is 6.91. The third-order valence-electron chi connectivity index (χ3n) is 3.14. The van der Waals surface area contributed by atoms with Gasteiger partial charge in [-0.05, 0) is 50.0 Å². The largest absolute Gasteiger partial charge is 0.449 e. The number of hydrogen-bond acceptors (Lipinski definition) is 3. The molecule has 0 radical (unpaired) electrons. The lowest BCUT2D eigenvalue weighted by atomic mass is 10.1. The molecule has 1 aliphatic rings. The maximum Gasteiger partial charge on any atom is 0.331 e. The molecule has 1 saturated carbocycles. The number of carbonyl (C=O) groups excluding carboxylic acids is 2. The summed E-state index contributed by atoms with van der Waals surface area (Å²) in [4.78, 5) is 23.4. The Bertz CT molecular complexity index is 579. The van der Waals surface area contributed by atoms with Crippen LogP contribution in [0.1, 0.15) is 30.9 Å². The summed E-state index contributed by atoms with van der Waals surface area (Å²) in [5.74, 6) is -0.767. The molecule has 0 aromatic heterocycles. The van der Waals surface area contributed by atoms with Gasteiger partial charge in [-0.1, -0.05) is 28.1 Å². The van der Waals surface area contributed by atoms with Crippen molar-refractivity contribution in [3.05, 3.63) is 39.9 Å². The number of esters is 1. The number of carbonyl (C=O) groups is 2. The van der Waals surface area contributed by atoms with Gasteiger partial charge in [-0.15, -0.1) is 0 Å². The lowest BCUT2D eigenvalue weighted by Crippen LogP contribution is -2.36. The molecule has 0 saturated heterocycles. The Morgan fingerprint density at radius 1 is 1.43 bits per heavy atom. The van der Waals surface area contributed by atoms with Crippen molar-refractivity contribution >= 4 is 33.9 Å². The molecule has 2 rings (SSSR count). The average molecular weight is 352 g/mol. The van der Waals surface area contributed by atoms with Crippen molar-refractivity contribution in [2.75, 3.05) is 0 Å². The molecular weight excluding hydrogens is 334 g/mol. The van der Waals surface area contributed by atoms with Crippen LogP contribution in [-0.2, 0) is 14.3 Å². The van der Waals surface area contributed by atoms with Crippen LogP contribution in [0.25, 0.3) is 6.08 Å². The third kappa shape index (κ3) is 5.01. The molecule has 1 aromatic rings. The Labute approximate surface area is 132 Å². The second-order valence-corrected chi connectivity index (χ2v) is 6.07. The molecule has 1 fully saturated rings. The topological polar surface area (TPSA) is 55.4 Å². The molecule has 0 heterocycles. The van der Waals surface area contributed by atoms with Crippen molar-refractivity contribution in [2.45, 2.75) is 38.8 Å². The molecule has 1 amide bonds. The summed E-state index contributed by atoms with van der Waals surface area (Å²) in [6.07, 6.45) is 4.24. The van der Waals surface area contributed by atoms with E-state index in [1.54, 1.807) is 13.0 Å². The van der Waals surface area contributed by atoms with E-state index in [9.17, 15) is 9.59 Å². The van der Waals surface area contributed by atoms with Gasteiger partial charge in [-0.3, -0.25) is 4.79 Å². The van der Waals surface area contributed by atoms with E-state index in [-0.39, 0.29) is 11.9 Å². The van der Waals surface area contributed by atoms with Gasteiger partial charge in [0.2, 0.25) is 0 Å². The van der Waals surface area contributed by atoms with Gasteiger partial charge < -0.3 is 10.1 Å². The molecule has 21 heavy (non-hydrogen) atoms. The molecule has 1 atom stereocenters. The quantitative estimate of drug-likeness (QED) is 0.655. The van der Waals surface area contributed by atoms with Crippen LogP contribution in [0.4, 0.5) is 0 Å². The Kier molecular flexibility index (Phi) is 5.17. The molecule has 4 nitrogen and oxygen atoms in total. The molecule has 5 heteroatoms. The van der Waals surface area contributed by atoms with Gasteiger partial charge in [0.1, 0.15) is 0 Å². The van der Waals surface area contributed by atoms with Crippen molar-refractivity contribution < 1.29 is 14.3 Å². The van der Waals surface area contributed by atoms with Gasteiger partial charge in [-0.2, -0.15) is 0 Å². The number of halogens is 1. The van der Waals surface area contributed by atoms with E-state index < -0.39 is 12.1 Å². The van der Waals surface area contributed by atoms with Crippen LogP contribution in [0.3, 0.4) is 0 Å². The van der Waals surface area contributed by atoms with Crippen LogP contribution < -0.4 is 5.32 Å². The van der Waals surface area contributed by atoms with E-state index in [2.05, 4.69) is 21.2 Å². The maximum absolute atomic E-state index is 11.7. The van der Waals surface area contributed by atoms with Crippen LogP contribution >= 0.6 is 15.9 Å². The molecular formula is C16H18BrNO3. The van der Waals surface area contributed by atoms with Crippen LogP contribution in [0.2, 0.25) is 0 Å². The number of rotatable bonds is 5. The number of nitrogens with one attached hydrogen (secondary N) is 1. The summed E-state index contributed by atoms with van der Waals surface area (Å²) in [5.41, 5.74) is 2.01. The fourth-order valence-corrected chi connectivity index (χ4v) is 2.36. The summed E-state index contributed by atoms with van der Waals surface area (Å²) in [5, 5.41) is 2.80. The van der Waals surface area contributed by atoms with Crippen LogP contribution in [0.15, 0.2) is 28.7 Å². The van der Waals surface area contributed by atoms with E-state index in [4.69, 9.17) is 4.74 Å². The zero-order chi connectivity index (χ0) is 15.4. The molecule has 1 aliphatic carbocycles. The number of ether oxygens (including phenoxy) is 1. The minimum atomic E-state index is -0.774. The van der Waals surface area contributed by atoms with Gasteiger partial charge in [0.05, 0.1) is 0 Å². The van der Waals surface area contributed by atoms with Crippen molar-refractivity contribution in [3.63, 3.8) is 0 Å². The first-order valence-corrected chi connectivity index (χ1v) is 7.70. The van der Waals surface area contributed by atoms with Crippen LogP contribution in [0.5, 0.6) is 0 Å². The smallest absolute Gasteiger partial charge is 0.331 e. The standard InChI is InChI=1S/C16H18BrNO3/c1-10-3-4-12(14(17)9-10)5-8-15(19)21-11(2)16(20)18-13-6-7-13/h3-5,8-9,11,13H,6-7H2,1-2H3,(H,18,20)/b8-5+/t11-/m0/s1. The predicted octanol–water partition coefficient (Wildman–Crippen LogP) is 2.98. The predicted molar refractivity (Wildman–Crippen MR) is 84.6 cm³/mol. The van der Waals surface area contributed by atoms with E-state index in [1.165, 1.54) is 6.08 Å². The first-order chi connectivity index (χ1) is 9.95. The fourth-order valence-electron chi connectivity index (χ4n) is 1.74. The highest BCUT2D eigenvalue weighted by atomic mass is 79.9. The van der Waals surface area contributed by atoms with E-state index in [0.717, 1.165) is 28.4 Å². The lowest BCUT2D eigenvalue weighted by molar-refractivity contribution is -0.150. The SMILES string of the molecule is Cc1ccc(/C=C/C(=O)O[C@@H](C)C(=O)NC2CC2)c(Br)c1. The highest BCUT2D eigenvalue weighted by Crippen LogP contribution is 2.20. The summed E-state index contributed by atoms with van der Waals surface area (Å²) in [6, 6.07) is 6.10. The van der Waals surface area contributed by atoms with Gasteiger partial charge in [0.25, 0.3) is 5.91 Å². The minimum Gasteiger partial charge on any atom is -0.449 e. The van der Waals surface area contributed by atoms with Crippen molar-refractivity contribution in [1.29, 1.82) is 0 Å². The summed E-state index contributed by atoms with van der Waals surface area (Å²) >= 11 is 3.44. The minimum absolute atomic E-state index is 0.240. The highest BCUT2D eigenvalue weighted by molar-refractivity contribution is 9.10. The lowest BCUT2D eigenvalue weighted by Gasteiger charge is -2.11. The second-order valence-electron chi connectivity index (χ2n) is 5.22. The fraction of sp³-hybridized carbons (Fsp3) is 0.375. The highest BCUT2D eigenvalue weighted by Gasteiger charge is 2.26. The van der Waals surface area contributed by atoms with Gasteiger partial charge in [-0.25, -0.2) is 4.79 Å². The van der Waals surface area contributed by atoms with Crippen LogP contribution in [0, 0.1) is 6.92 Å². The molecule has 112 valence electrons. The molecule has 1 N–H and O–H groups in total. The zero-order valence-corrected chi connectivity index (χ0v) is 13.6. The Balaban J connectivity index is 1.88. The molecule has 0 aliphatic heterocycles. The molecule has 1 aromatic carbocycles. The Hall–Kier alpha value is -1.62. The number of aryl methyl sites for hydroxylation is 1. The number of benzene rings is 1. The summed E-state index contributed by atoms with van der Waals surface area (Å²) in [7, 11) is 0. The second kappa shape index (κ2) is 6.89. The zero-order valence-electron chi connectivity index (χ0n) is 12.1. The monoisotopic (exact) mass is 351 g/mol. The molecule has 0 spiro atoms. The van der Waals surface area contributed by atoms with Crippen molar-refractivity contribution in [2.24, 2.45) is 0 Å². The normalized spacial score (nSPS) is 15.8. The van der Waals surface area contributed by atoms with Gasteiger partial charge in [0.15, 0.2) is 6.10 Å². The first kappa shape index (κ1) is 15.8. The number of hydrogen-bond donors (Lipinski definition) is 1. The molecule has 0 unspecified atom stereocenters. The van der Waals surface area contributed by atoms with Crippen molar-refractivity contribution in [1.82, 2.24) is 5.32 Å². The van der Waals surface area contributed by atoms with Crippen molar-refractivity contribution in [3.8, 4) is 0 Å². The Morgan fingerprint density at radius 3 is 2.76 bits per heavy atom. The van der Waals surface area contributed by atoms with E-state index >= 15 is 0 Å². The van der Waals surface area contributed by atoms with Gasteiger partial charge >= 0.3 is 5.97 Å². The summed E-state index contributed by atoms with van der Waals surface area (Å²) < 4.78 is 5.98. The van der Waals surface area contributed by atoms with E-state index in [1.807, 2.05) is 25.1 Å². The maximum atomic E-state index is 11.7. The average Bonchev–Trinajstić information content (AvgIpc) is 3.21. The van der Waals surface area contributed by atoms with E-state index in [0.29, 0.717) is 0 Å². The van der Waals surface area contributed by atoms with Gasteiger partial charge in [0, 0.05) is 16.6 Å². The Morgan fingerprint density at radius 2 is 2.14 bits per heavy atom. The number of amides is 1.